The van der Waals surface area contributed by atoms with Gasteiger partial charge in [-0.05, 0) is 25.1 Å². The maximum atomic E-state index is 12.0. The quantitative estimate of drug-likeness (QED) is 0.728. The third kappa shape index (κ3) is 5.20. The van der Waals surface area contributed by atoms with Crippen LogP contribution in [0, 0.1) is 0 Å². The van der Waals surface area contributed by atoms with Crippen molar-refractivity contribution < 1.29 is 12.8 Å². The van der Waals surface area contributed by atoms with Gasteiger partial charge in [0.2, 0.25) is 10.0 Å². The number of rotatable bonds is 8. The van der Waals surface area contributed by atoms with Crippen molar-refractivity contribution in [2.75, 3.05) is 19.3 Å². The molecule has 0 aliphatic carbocycles. The SMILES string of the molecule is CC(C)NCCCS(=O)(=O)N(C)Cc1ccco1. The second kappa shape index (κ2) is 6.92. The summed E-state index contributed by atoms with van der Waals surface area (Å²) >= 11 is 0. The van der Waals surface area contributed by atoms with Crippen molar-refractivity contribution in [1.29, 1.82) is 0 Å². The highest BCUT2D eigenvalue weighted by Gasteiger charge is 2.18. The molecule has 6 heteroatoms. The van der Waals surface area contributed by atoms with Gasteiger partial charge in [0.1, 0.15) is 5.76 Å². The number of nitrogens with one attached hydrogen (secondary N) is 1. The summed E-state index contributed by atoms with van der Waals surface area (Å²) in [5, 5.41) is 3.20. The lowest BCUT2D eigenvalue weighted by molar-refractivity contribution is 0.405. The molecule has 0 bridgehead atoms. The lowest BCUT2D eigenvalue weighted by atomic mass is 10.4. The molecule has 0 atom stereocenters. The molecule has 104 valence electrons. The summed E-state index contributed by atoms with van der Waals surface area (Å²) in [7, 11) is -1.62. The normalized spacial score (nSPS) is 12.5. The van der Waals surface area contributed by atoms with E-state index in [0.717, 1.165) is 0 Å². The van der Waals surface area contributed by atoms with Crippen LogP contribution in [0.15, 0.2) is 22.8 Å². The van der Waals surface area contributed by atoms with Gasteiger partial charge in [0.15, 0.2) is 0 Å². The zero-order chi connectivity index (χ0) is 13.6. The van der Waals surface area contributed by atoms with Crippen LogP contribution in [0.2, 0.25) is 0 Å². The van der Waals surface area contributed by atoms with E-state index in [2.05, 4.69) is 5.32 Å². The zero-order valence-electron chi connectivity index (χ0n) is 11.2. The predicted molar refractivity (Wildman–Crippen MR) is 71.7 cm³/mol. The summed E-state index contributed by atoms with van der Waals surface area (Å²) in [5.41, 5.74) is 0. The number of hydrogen-bond acceptors (Lipinski definition) is 4. The first kappa shape index (κ1) is 15.2. The molecular weight excluding hydrogens is 252 g/mol. The zero-order valence-corrected chi connectivity index (χ0v) is 12.0. The number of furan rings is 1. The summed E-state index contributed by atoms with van der Waals surface area (Å²) < 4.78 is 30.4. The van der Waals surface area contributed by atoms with Gasteiger partial charge in [-0.3, -0.25) is 0 Å². The molecule has 1 N–H and O–H groups in total. The molecule has 5 nitrogen and oxygen atoms in total. The van der Waals surface area contributed by atoms with E-state index in [1.54, 1.807) is 25.4 Å². The maximum Gasteiger partial charge on any atom is 0.214 e. The van der Waals surface area contributed by atoms with Crippen LogP contribution in [-0.4, -0.2) is 38.1 Å². The van der Waals surface area contributed by atoms with Crippen LogP contribution < -0.4 is 5.32 Å². The van der Waals surface area contributed by atoms with Crippen molar-refractivity contribution in [3.63, 3.8) is 0 Å². The summed E-state index contributed by atoms with van der Waals surface area (Å²) in [4.78, 5) is 0. The Kier molecular flexibility index (Phi) is 5.84. The van der Waals surface area contributed by atoms with Gasteiger partial charge >= 0.3 is 0 Å². The van der Waals surface area contributed by atoms with Crippen molar-refractivity contribution >= 4 is 10.0 Å². The molecule has 0 radical (unpaired) electrons. The van der Waals surface area contributed by atoms with Gasteiger partial charge in [0.25, 0.3) is 0 Å². The van der Waals surface area contributed by atoms with E-state index in [9.17, 15) is 8.42 Å². The van der Waals surface area contributed by atoms with Crippen LogP contribution in [0.3, 0.4) is 0 Å². The molecule has 0 spiro atoms. The summed E-state index contributed by atoms with van der Waals surface area (Å²) in [5.74, 6) is 0.811. The Balaban J connectivity index is 2.38. The lowest BCUT2D eigenvalue weighted by Crippen LogP contribution is -2.31. The Bertz CT molecular complexity index is 426. The predicted octanol–water partition coefficient (Wildman–Crippen LogP) is 1.43. The van der Waals surface area contributed by atoms with Crippen LogP contribution in [0.1, 0.15) is 26.0 Å². The first-order valence-corrected chi connectivity index (χ1v) is 7.72. The van der Waals surface area contributed by atoms with Crippen molar-refractivity contribution in [2.24, 2.45) is 0 Å². The Morgan fingerprint density at radius 2 is 2.17 bits per heavy atom. The highest BCUT2D eigenvalue weighted by atomic mass is 32.2. The van der Waals surface area contributed by atoms with Crippen LogP contribution in [0.25, 0.3) is 0 Å². The molecule has 0 saturated carbocycles. The van der Waals surface area contributed by atoms with Crippen LogP contribution >= 0.6 is 0 Å². The highest BCUT2D eigenvalue weighted by molar-refractivity contribution is 7.89. The Hall–Kier alpha value is -0.850. The van der Waals surface area contributed by atoms with E-state index < -0.39 is 10.0 Å². The average Bonchev–Trinajstić information content (AvgIpc) is 2.77. The van der Waals surface area contributed by atoms with Gasteiger partial charge in [-0.25, -0.2) is 8.42 Å². The smallest absolute Gasteiger partial charge is 0.214 e. The Morgan fingerprint density at radius 3 is 2.72 bits per heavy atom. The minimum atomic E-state index is -3.20. The fourth-order valence-corrected chi connectivity index (χ4v) is 2.67. The number of sulfonamides is 1. The molecule has 0 aromatic carbocycles. The first-order valence-electron chi connectivity index (χ1n) is 6.11. The summed E-state index contributed by atoms with van der Waals surface area (Å²) in [6, 6.07) is 3.91. The molecule has 1 heterocycles. The molecule has 0 amide bonds. The molecule has 0 fully saturated rings. The molecule has 0 saturated heterocycles. The third-order valence-electron chi connectivity index (χ3n) is 2.57. The fraction of sp³-hybridized carbons (Fsp3) is 0.667. The van der Waals surface area contributed by atoms with Gasteiger partial charge in [0.05, 0.1) is 18.6 Å². The molecule has 18 heavy (non-hydrogen) atoms. The number of nitrogens with zero attached hydrogens (tertiary/aromatic N) is 1. The van der Waals surface area contributed by atoms with Crippen LogP contribution in [-0.2, 0) is 16.6 Å². The number of hydrogen-bond donors (Lipinski definition) is 1. The van der Waals surface area contributed by atoms with E-state index in [0.29, 0.717) is 24.8 Å². The molecular formula is C12H22N2O3S. The Labute approximate surface area is 109 Å². The van der Waals surface area contributed by atoms with E-state index in [4.69, 9.17) is 4.42 Å². The summed E-state index contributed by atoms with van der Waals surface area (Å²) in [6.07, 6.45) is 2.16. The van der Waals surface area contributed by atoms with Gasteiger partial charge in [-0.2, -0.15) is 4.31 Å². The maximum absolute atomic E-state index is 12.0. The minimum Gasteiger partial charge on any atom is -0.468 e. The molecule has 0 aliphatic heterocycles. The largest absolute Gasteiger partial charge is 0.468 e. The average molecular weight is 274 g/mol. The topological polar surface area (TPSA) is 62.6 Å². The molecule has 1 rings (SSSR count). The van der Waals surface area contributed by atoms with Crippen molar-refractivity contribution in [3.8, 4) is 0 Å². The van der Waals surface area contributed by atoms with Crippen molar-refractivity contribution in [2.45, 2.75) is 32.9 Å². The summed E-state index contributed by atoms with van der Waals surface area (Å²) in [6.45, 7) is 5.08. The second-order valence-electron chi connectivity index (χ2n) is 4.61. The van der Waals surface area contributed by atoms with E-state index in [1.807, 2.05) is 13.8 Å². The van der Waals surface area contributed by atoms with Crippen LogP contribution in [0.5, 0.6) is 0 Å². The molecule has 0 aliphatic rings. The van der Waals surface area contributed by atoms with Crippen molar-refractivity contribution in [3.05, 3.63) is 24.2 Å². The van der Waals surface area contributed by atoms with E-state index in [1.165, 1.54) is 4.31 Å². The van der Waals surface area contributed by atoms with E-state index in [-0.39, 0.29) is 12.3 Å². The van der Waals surface area contributed by atoms with Gasteiger partial charge in [-0.15, -0.1) is 0 Å². The minimum absolute atomic E-state index is 0.157. The Morgan fingerprint density at radius 1 is 1.44 bits per heavy atom. The van der Waals surface area contributed by atoms with Gasteiger partial charge in [0, 0.05) is 13.1 Å². The van der Waals surface area contributed by atoms with Gasteiger partial charge < -0.3 is 9.73 Å². The fourth-order valence-electron chi connectivity index (χ4n) is 1.52. The lowest BCUT2D eigenvalue weighted by Gasteiger charge is -2.16. The first-order chi connectivity index (χ1) is 8.42. The monoisotopic (exact) mass is 274 g/mol. The van der Waals surface area contributed by atoms with Crippen LogP contribution in [0.4, 0.5) is 0 Å². The van der Waals surface area contributed by atoms with Crippen molar-refractivity contribution in [1.82, 2.24) is 9.62 Å². The molecule has 1 aromatic rings. The highest BCUT2D eigenvalue weighted by Crippen LogP contribution is 2.08. The van der Waals surface area contributed by atoms with Gasteiger partial charge in [-0.1, -0.05) is 13.8 Å². The molecule has 1 aromatic heterocycles. The second-order valence-corrected chi connectivity index (χ2v) is 6.81. The third-order valence-corrected chi connectivity index (χ3v) is 4.45. The standard InChI is InChI=1S/C12H22N2O3S/c1-11(2)13-7-5-9-18(15,16)14(3)10-12-6-4-8-17-12/h4,6,8,11,13H,5,7,9-10H2,1-3H3. The van der Waals surface area contributed by atoms with E-state index >= 15 is 0 Å². The molecule has 0 unspecified atom stereocenters.